The normalized spacial score (nSPS) is 11.4. The predicted molar refractivity (Wildman–Crippen MR) is 120 cm³/mol. The molecule has 1 rings (SSSR count). The van der Waals surface area contributed by atoms with Crippen LogP contribution in [0.3, 0.4) is 0 Å². The minimum absolute atomic E-state index is 0. The van der Waals surface area contributed by atoms with Gasteiger partial charge in [0.1, 0.15) is 5.69 Å². The minimum Gasteiger partial charge on any atom is -1.00 e. The van der Waals surface area contributed by atoms with E-state index in [1.54, 1.807) is 0 Å². The van der Waals surface area contributed by atoms with Crippen molar-refractivity contribution in [2.75, 3.05) is 20.6 Å². The van der Waals surface area contributed by atoms with Crippen LogP contribution in [0.5, 0.6) is 0 Å². The van der Waals surface area contributed by atoms with Crippen molar-refractivity contribution in [1.82, 2.24) is 4.48 Å². The molecule has 27 heavy (non-hydrogen) atoms. The van der Waals surface area contributed by atoms with Crippen molar-refractivity contribution >= 4 is 5.69 Å². The molecule has 0 bridgehead atoms. The number of nitrogens with zero attached hydrogens (tertiary/aromatic N) is 1. The van der Waals surface area contributed by atoms with E-state index < -0.39 is 0 Å². The molecule has 0 aliphatic carbocycles. The summed E-state index contributed by atoms with van der Waals surface area (Å²) in [5.74, 6) is 0. The van der Waals surface area contributed by atoms with Gasteiger partial charge in [0, 0.05) is 0 Å². The number of hydrogen-bond acceptors (Lipinski definition) is 0. The zero-order chi connectivity index (χ0) is 18.9. The standard InChI is InChI=1S/C25H46N.BrH/c1-4-5-6-7-8-9-10-11-12-13-14-15-16-17-21-24-26(2,3)25-22-19-18-20-23-25;/h18-20,22-23H,4-17,21,24H2,1-3H3;1H/q+1;/p-1. The van der Waals surface area contributed by atoms with Gasteiger partial charge in [0.2, 0.25) is 0 Å². The number of quaternary nitrogens is 1. The van der Waals surface area contributed by atoms with Crippen LogP contribution in [0, 0.1) is 0 Å². The largest absolute Gasteiger partial charge is 1.00 e. The summed E-state index contributed by atoms with van der Waals surface area (Å²) in [6.45, 7) is 3.55. The molecule has 0 aliphatic rings. The second-order valence-corrected chi connectivity index (χ2v) is 8.69. The Hall–Kier alpha value is -0.340. The topological polar surface area (TPSA) is 0 Å². The number of para-hydroxylation sites is 1. The van der Waals surface area contributed by atoms with Gasteiger partial charge in [0.05, 0.1) is 20.6 Å². The van der Waals surface area contributed by atoms with E-state index in [-0.39, 0.29) is 17.0 Å². The van der Waals surface area contributed by atoms with Crippen molar-refractivity contribution in [1.29, 1.82) is 0 Å². The van der Waals surface area contributed by atoms with Crippen molar-refractivity contribution in [2.45, 2.75) is 103 Å². The number of unbranched alkanes of at least 4 members (excludes halogenated alkanes) is 14. The Labute approximate surface area is 181 Å². The average Bonchev–Trinajstić information content (AvgIpc) is 2.65. The molecular weight excluding hydrogens is 394 g/mol. The third kappa shape index (κ3) is 14.3. The lowest BCUT2D eigenvalue weighted by Gasteiger charge is -2.29. The SMILES string of the molecule is CCCCCCCCCCCCCCCCC[N+](C)(C)c1ccccc1.[Br-]. The first kappa shape index (κ1) is 26.7. The minimum atomic E-state index is 0. The fourth-order valence-corrected chi connectivity index (χ4v) is 3.84. The zero-order valence-electron chi connectivity index (χ0n) is 18.5. The van der Waals surface area contributed by atoms with E-state index in [1.807, 2.05) is 0 Å². The molecule has 0 fully saturated rings. The van der Waals surface area contributed by atoms with E-state index in [2.05, 4.69) is 51.4 Å². The summed E-state index contributed by atoms with van der Waals surface area (Å²) in [7, 11) is 4.66. The van der Waals surface area contributed by atoms with Gasteiger partial charge in [-0.15, -0.1) is 0 Å². The Morgan fingerprint density at radius 2 is 0.926 bits per heavy atom. The van der Waals surface area contributed by atoms with Crippen LogP contribution in [-0.2, 0) is 0 Å². The van der Waals surface area contributed by atoms with Crippen LogP contribution in [0.4, 0.5) is 5.69 Å². The van der Waals surface area contributed by atoms with Gasteiger partial charge in [0.15, 0.2) is 0 Å². The summed E-state index contributed by atoms with van der Waals surface area (Å²) < 4.78 is 1.01. The monoisotopic (exact) mass is 439 g/mol. The summed E-state index contributed by atoms with van der Waals surface area (Å²) in [4.78, 5) is 0. The van der Waals surface area contributed by atoms with E-state index >= 15 is 0 Å². The Morgan fingerprint density at radius 3 is 1.33 bits per heavy atom. The second kappa shape index (κ2) is 17.7. The number of hydrogen-bond donors (Lipinski definition) is 0. The molecule has 0 unspecified atom stereocenters. The number of halogens is 1. The van der Waals surface area contributed by atoms with Crippen molar-refractivity contribution in [3.63, 3.8) is 0 Å². The van der Waals surface area contributed by atoms with Gasteiger partial charge in [-0.1, -0.05) is 109 Å². The van der Waals surface area contributed by atoms with Crippen LogP contribution < -0.4 is 21.5 Å². The fraction of sp³-hybridized carbons (Fsp3) is 0.760. The molecule has 0 N–H and O–H groups in total. The maximum Gasteiger partial charge on any atom is 0.132 e. The molecule has 1 aromatic rings. The Morgan fingerprint density at radius 1 is 0.556 bits per heavy atom. The Kier molecular flexibility index (Phi) is 17.5. The van der Waals surface area contributed by atoms with Crippen LogP contribution in [0.1, 0.15) is 103 Å². The van der Waals surface area contributed by atoms with Crippen molar-refractivity contribution in [3.8, 4) is 0 Å². The predicted octanol–water partition coefficient (Wildman–Crippen LogP) is 5.13. The highest BCUT2D eigenvalue weighted by molar-refractivity contribution is 5.40. The quantitative estimate of drug-likeness (QED) is 0.233. The van der Waals surface area contributed by atoms with E-state index in [4.69, 9.17) is 0 Å². The van der Waals surface area contributed by atoms with E-state index in [9.17, 15) is 0 Å². The molecule has 0 saturated carbocycles. The van der Waals surface area contributed by atoms with Crippen LogP contribution >= 0.6 is 0 Å². The van der Waals surface area contributed by atoms with Gasteiger partial charge in [-0.3, -0.25) is 4.48 Å². The third-order valence-corrected chi connectivity index (χ3v) is 5.78. The first-order valence-corrected chi connectivity index (χ1v) is 11.6. The summed E-state index contributed by atoms with van der Waals surface area (Å²) in [6.07, 6.45) is 21.6. The van der Waals surface area contributed by atoms with Crippen LogP contribution in [0.25, 0.3) is 0 Å². The molecule has 0 heterocycles. The van der Waals surface area contributed by atoms with Crippen molar-refractivity contribution in [3.05, 3.63) is 30.3 Å². The summed E-state index contributed by atoms with van der Waals surface area (Å²) in [5.41, 5.74) is 1.43. The van der Waals surface area contributed by atoms with E-state index in [0.29, 0.717) is 0 Å². The van der Waals surface area contributed by atoms with Crippen LogP contribution in [0.2, 0.25) is 0 Å². The van der Waals surface area contributed by atoms with Gasteiger partial charge >= 0.3 is 0 Å². The molecule has 158 valence electrons. The molecule has 0 amide bonds. The number of benzene rings is 1. The van der Waals surface area contributed by atoms with E-state index in [1.165, 1.54) is 109 Å². The molecule has 2 heteroatoms. The van der Waals surface area contributed by atoms with Gasteiger partial charge in [-0.25, -0.2) is 0 Å². The smallest absolute Gasteiger partial charge is 0.132 e. The highest BCUT2D eigenvalue weighted by atomic mass is 79.9. The molecule has 0 aromatic heterocycles. The molecular formula is C25H46BrN. The number of rotatable bonds is 17. The van der Waals surface area contributed by atoms with E-state index in [0.717, 1.165) is 4.48 Å². The molecule has 0 spiro atoms. The van der Waals surface area contributed by atoms with Crippen molar-refractivity contribution < 1.29 is 17.0 Å². The lowest BCUT2D eigenvalue weighted by atomic mass is 10.0. The van der Waals surface area contributed by atoms with Gasteiger partial charge in [0.25, 0.3) is 0 Å². The molecule has 0 saturated heterocycles. The molecule has 1 aromatic carbocycles. The lowest BCUT2D eigenvalue weighted by Crippen LogP contribution is -3.00. The molecule has 0 atom stereocenters. The highest BCUT2D eigenvalue weighted by Gasteiger charge is 2.17. The Bertz CT molecular complexity index is 416. The molecule has 1 nitrogen and oxygen atoms in total. The average molecular weight is 441 g/mol. The van der Waals surface area contributed by atoms with Crippen molar-refractivity contribution in [2.24, 2.45) is 0 Å². The van der Waals surface area contributed by atoms with Crippen LogP contribution in [-0.4, -0.2) is 20.6 Å². The highest BCUT2D eigenvalue weighted by Crippen LogP contribution is 2.19. The van der Waals surface area contributed by atoms with Gasteiger partial charge in [-0.05, 0) is 25.0 Å². The fourth-order valence-electron chi connectivity index (χ4n) is 3.84. The summed E-state index contributed by atoms with van der Waals surface area (Å²) in [6, 6.07) is 10.9. The maximum atomic E-state index is 2.33. The maximum absolute atomic E-state index is 2.33. The first-order valence-electron chi connectivity index (χ1n) is 11.6. The first-order chi connectivity index (χ1) is 12.7. The second-order valence-electron chi connectivity index (χ2n) is 8.69. The summed E-state index contributed by atoms with van der Waals surface area (Å²) >= 11 is 0. The Balaban J connectivity index is 0.00000676. The van der Waals surface area contributed by atoms with Gasteiger partial charge in [-0.2, -0.15) is 0 Å². The zero-order valence-corrected chi connectivity index (χ0v) is 20.1. The third-order valence-electron chi connectivity index (χ3n) is 5.78. The van der Waals surface area contributed by atoms with Gasteiger partial charge < -0.3 is 17.0 Å². The molecule has 0 radical (unpaired) electrons. The summed E-state index contributed by atoms with van der Waals surface area (Å²) in [5, 5.41) is 0. The lowest BCUT2D eigenvalue weighted by molar-refractivity contribution is -0.00000582. The molecule has 0 aliphatic heterocycles. The van der Waals surface area contributed by atoms with Crippen LogP contribution in [0.15, 0.2) is 30.3 Å².